The molecule has 0 aliphatic carbocycles. The second kappa shape index (κ2) is 6.50. The minimum atomic E-state index is -1.37. The van der Waals surface area contributed by atoms with Crippen molar-refractivity contribution in [1.29, 1.82) is 0 Å². The average Bonchev–Trinajstić information content (AvgIpc) is 2.35. The van der Waals surface area contributed by atoms with E-state index in [1.807, 2.05) is 13.8 Å². The number of nitro groups is 1. The maximum Gasteiger partial charge on any atom is 0.342 e. The van der Waals surface area contributed by atoms with Crippen LogP contribution < -0.4 is 10.6 Å². The van der Waals surface area contributed by atoms with Crippen molar-refractivity contribution in [3.05, 3.63) is 33.9 Å². The molecule has 1 rings (SSSR count). The molecule has 0 aliphatic heterocycles. The van der Waals surface area contributed by atoms with Gasteiger partial charge in [-0.3, -0.25) is 14.9 Å². The van der Waals surface area contributed by atoms with Gasteiger partial charge in [-0.05, 0) is 26.0 Å². The van der Waals surface area contributed by atoms with E-state index in [1.54, 1.807) is 0 Å². The number of hydrogen-bond donors (Lipinski definition) is 3. The van der Waals surface area contributed by atoms with Crippen LogP contribution in [-0.4, -0.2) is 34.5 Å². The van der Waals surface area contributed by atoms with E-state index in [9.17, 15) is 19.7 Å². The molecule has 108 valence electrons. The van der Waals surface area contributed by atoms with Crippen molar-refractivity contribution >= 4 is 23.3 Å². The van der Waals surface area contributed by atoms with E-state index in [-0.39, 0.29) is 18.5 Å². The largest absolute Gasteiger partial charge is 0.477 e. The SMILES string of the molecule is CC(C)NC(=O)CNc1ccc(C(=O)O)c([N+](=O)[O-])c1. The summed E-state index contributed by atoms with van der Waals surface area (Å²) in [7, 11) is 0. The van der Waals surface area contributed by atoms with Gasteiger partial charge in [0.2, 0.25) is 5.91 Å². The molecule has 0 bridgehead atoms. The average molecular weight is 281 g/mol. The van der Waals surface area contributed by atoms with Crippen LogP contribution in [0, 0.1) is 10.1 Å². The van der Waals surface area contributed by atoms with Crippen LogP contribution in [0.4, 0.5) is 11.4 Å². The van der Waals surface area contributed by atoms with Crippen LogP contribution in [0.25, 0.3) is 0 Å². The molecule has 0 saturated heterocycles. The number of anilines is 1. The predicted molar refractivity (Wildman–Crippen MR) is 71.8 cm³/mol. The van der Waals surface area contributed by atoms with Gasteiger partial charge in [0.25, 0.3) is 5.69 Å². The quantitative estimate of drug-likeness (QED) is 0.532. The maximum atomic E-state index is 11.4. The first-order valence-electron chi connectivity index (χ1n) is 5.86. The predicted octanol–water partition coefficient (Wildman–Crippen LogP) is 1.23. The fourth-order valence-corrected chi connectivity index (χ4v) is 1.53. The Morgan fingerprint density at radius 3 is 2.55 bits per heavy atom. The monoisotopic (exact) mass is 281 g/mol. The van der Waals surface area contributed by atoms with Crippen molar-refractivity contribution in [3.8, 4) is 0 Å². The summed E-state index contributed by atoms with van der Waals surface area (Å²) in [5, 5.41) is 25.0. The lowest BCUT2D eigenvalue weighted by molar-refractivity contribution is -0.385. The van der Waals surface area contributed by atoms with Crippen LogP contribution in [-0.2, 0) is 4.79 Å². The third-order valence-electron chi connectivity index (χ3n) is 2.33. The van der Waals surface area contributed by atoms with Gasteiger partial charge in [0.15, 0.2) is 0 Å². The Morgan fingerprint density at radius 1 is 1.40 bits per heavy atom. The Kier molecular flexibility index (Phi) is 5.01. The van der Waals surface area contributed by atoms with Crippen LogP contribution in [0.1, 0.15) is 24.2 Å². The number of benzene rings is 1. The summed E-state index contributed by atoms with van der Waals surface area (Å²) in [5.41, 5.74) is -0.612. The molecule has 20 heavy (non-hydrogen) atoms. The molecule has 1 aromatic rings. The van der Waals surface area contributed by atoms with Gasteiger partial charge in [-0.1, -0.05) is 0 Å². The number of nitro benzene ring substituents is 1. The van der Waals surface area contributed by atoms with Crippen molar-refractivity contribution in [1.82, 2.24) is 5.32 Å². The number of nitrogens with one attached hydrogen (secondary N) is 2. The number of carbonyl (C=O) groups is 2. The van der Waals surface area contributed by atoms with E-state index in [0.717, 1.165) is 12.1 Å². The standard InChI is InChI=1S/C12H15N3O5/c1-7(2)14-11(16)6-13-8-3-4-9(12(17)18)10(5-8)15(19)20/h3-5,7,13H,6H2,1-2H3,(H,14,16)(H,17,18). The van der Waals surface area contributed by atoms with E-state index < -0.39 is 22.1 Å². The van der Waals surface area contributed by atoms with Gasteiger partial charge in [-0.15, -0.1) is 0 Å². The summed E-state index contributed by atoms with van der Waals surface area (Å²) in [5.74, 6) is -1.63. The van der Waals surface area contributed by atoms with Gasteiger partial charge in [0, 0.05) is 17.8 Å². The van der Waals surface area contributed by atoms with Gasteiger partial charge in [-0.2, -0.15) is 0 Å². The van der Waals surface area contributed by atoms with Crippen LogP contribution in [0.5, 0.6) is 0 Å². The van der Waals surface area contributed by atoms with Crippen molar-refractivity contribution in [2.45, 2.75) is 19.9 Å². The third kappa shape index (κ3) is 4.23. The highest BCUT2D eigenvalue weighted by molar-refractivity contribution is 5.93. The summed E-state index contributed by atoms with van der Waals surface area (Å²) in [6.45, 7) is 3.57. The van der Waals surface area contributed by atoms with Crippen LogP contribution in [0.2, 0.25) is 0 Å². The first-order chi connectivity index (χ1) is 9.31. The first kappa shape index (κ1) is 15.4. The Labute approximate surface area is 114 Å². The maximum absolute atomic E-state index is 11.4. The highest BCUT2D eigenvalue weighted by Crippen LogP contribution is 2.23. The summed E-state index contributed by atoms with van der Waals surface area (Å²) in [6.07, 6.45) is 0. The van der Waals surface area contributed by atoms with E-state index in [4.69, 9.17) is 5.11 Å². The number of carboxylic acid groups (broad SMARTS) is 1. The van der Waals surface area contributed by atoms with E-state index >= 15 is 0 Å². The number of aromatic carboxylic acids is 1. The normalized spacial score (nSPS) is 10.2. The molecular weight excluding hydrogens is 266 g/mol. The second-order valence-corrected chi connectivity index (χ2v) is 4.37. The molecule has 0 aliphatic rings. The van der Waals surface area contributed by atoms with Gasteiger partial charge in [0.1, 0.15) is 5.56 Å². The second-order valence-electron chi connectivity index (χ2n) is 4.37. The molecule has 0 radical (unpaired) electrons. The van der Waals surface area contributed by atoms with Crippen molar-refractivity contribution < 1.29 is 19.6 Å². The molecule has 0 atom stereocenters. The smallest absolute Gasteiger partial charge is 0.342 e. The Morgan fingerprint density at radius 2 is 2.05 bits per heavy atom. The fraction of sp³-hybridized carbons (Fsp3) is 0.333. The molecule has 0 aromatic heterocycles. The van der Waals surface area contributed by atoms with E-state index in [1.165, 1.54) is 6.07 Å². The number of carboxylic acids is 1. The Balaban J connectivity index is 2.83. The summed E-state index contributed by atoms with van der Waals surface area (Å²) in [6, 6.07) is 3.59. The molecule has 0 fully saturated rings. The summed E-state index contributed by atoms with van der Waals surface area (Å²) in [4.78, 5) is 32.3. The minimum absolute atomic E-state index is 0.00646. The number of amides is 1. The Bertz CT molecular complexity index is 542. The summed E-state index contributed by atoms with van der Waals surface area (Å²) < 4.78 is 0. The molecule has 8 nitrogen and oxygen atoms in total. The van der Waals surface area contributed by atoms with Gasteiger partial charge < -0.3 is 15.7 Å². The molecule has 0 heterocycles. The van der Waals surface area contributed by atoms with Gasteiger partial charge >= 0.3 is 5.97 Å². The minimum Gasteiger partial charge on any atom is -0.477 e. The van der Waals surface area contributed by atoms with Crippen LogP contribution in [0.15, 0.2) is 18.2 Å². The first-order valence-corrected chi connectivity index (χ1v) is 5.86. The third-order valence-corrected chi connectivity index (χ3v) is 2.33. The van der Waals surface area contributed by atoms with Crippen molar-refractivity contribution in [3.63, 3.8) is 0 Å². The molecule has 8 heteroatoms. The molecule has 3 N–H and O–H groups in total. The molecule has 0 spiro atoms. The van der Waals surface area contributed by atoms with Crippen LogP contribution >= 0.6 is 0 Å². The zero-order valence-corrected chi connectivity index (χ0v) is 11.0. The lowest BCUT2D eigenvalue weighted by Crippen LogP contribution is -2.34. The molecule has 1 aromatic carbocycles. The molecule has 0 unspecified atom stereocenters. The molecule has 1 amide bonds. The number of nitrogens with zero attached hydrogens (tertiary/aromatic N) is 1. The number of hydrogen-bond acceptors (Lipinski definition) is 5. The zero-order valence-electron chi connectivity index (χ0n) is 11.0. The molecule has 0 saturated carbocycles. The van der Waals surface area contributed by atoms with Gasteiger partial charge in [-0.25, -0.2) is 4.79 Å². The van der Waals surface area contributed by atoms with E-state index in [0.29, 0.717) is 5.69 Å². The highest BCUT2D eigenvalue weighted by atomic mass is 16.6. The van der Waals surface area contributed by atoms with E-state index in [2.05, 4.69) is 10.6 Å². The molecular formula is C12H15N3O5. The van der Waals surface area contributed by atoms with Gasteiger partial charge in [0.05, 0.1) is 11.5 Å². The van der Waals surface area contributed by atoms with Crippen molar-refractivity contribution in [2.75, 3.05) is 11.9 Å². The zero-order chi connectivity index (χ0) is 15.3. The fourth-order valence-electron chi connectivity index (χ4n) is 1.53. The van der Waals surface area contributed by atoms with Crippen molar-refractivity contribution in [2.24, 2.45) is 0 Å². The lowest BCUT2D eigenvalue weighted by atomic mass is 10.1. The topological polar surface area (TPSA) is 122 Å². The number of carbonyl (C=O) groups excluding carboxylic acids is 1. The Hall–Kier alpha value is -2.64. The number of rotatable bonds is 6. The summed E-state index contributed by atoms with van der Waals surface area (Å²) >= 11 is 0. The van der Waals surface area contributed by atoms with Crippen LogP contribution in [0.3, 0.4) is 0 Å². The highest BCUT2D eigenvalue weighted by Gasteiger charge is 2.20. The lowest BCUT2D eigenvalue weighted by Gasteiger charge is -2.10.